The van der Waals surface area contributed by atoms with Crippen molar-refractivity contribution in [2.24, 2.45) is 5.92 Å². The Labute approximate surface area is 146 Å². The SMILES string of the molecule is CCCOC(=O)c1ccc2c(c1)C1C=CCC1C(c1cccs1)N2. The fourth-order valence-corrected chi connectivity index (χ4v) is 4.60. The molecule has 2 heterocycles. The van der Waals surface area contributed by atoms with Crippen molar-refractivity contribution >= 4 is 23.0 Å². The first-order valence-electron chi connectivity index (χ1n) is 8.55. The van der Waals surface area contributed by atoms with Crippen LogP contribution < -0.4 is 5.32 Å². The minimum atomic E-state index is -0.224. The minimum Gasteiger partial charge on any atom is -0.462 e. The number of benzene rings is 1. The molecule has 0 radical (unpaired) electrons. The van der Waals surface area contributed by atoms with E-state index in [0.29, 0.717) is 30.0 Å². The average molecular weight is 339 g/mol. The summed E-state index contributed by atoms with van der Waals surface area (Å²) in [7, 11) is 0. The molecule has 4 heteroatoms. The molecule has 4 rings (SSSR count). The molecule has 0 saturated carbocycles. The summed E-state index contributed by atoms with van der Waals surface area (Å²) in [6.07, 6.45) is 6.49. The third kappa shape index (κ3) is 2.65. The van der Waals surface area contributed by atoms with Crippen LogP contribution in [0.3, 0.4) is 0 Å². The third-order valence-corrected chi connectivity index (χ3v) is 5.84. The normalized spacial score (nSPS) is 24.1. The molecular weight excluding hydrogens is 318 g/mol. The number of thiophene rings is 1. The molecule has 0 saturated heterocycles. The van der Waals surface area contributed by atoms with Gasteiger partial charge in [0.2, 0.25) is 0 Å². The van der Waals surface area contributed by atoms with Gasteiger partial charge in [0.1, 0.15) is 0 Å². The molecule has 1 aliphatic carbocycles. The van der Waals surface area contributed by atoms with E-state index < -0.39 is 0 Å². The molecule has 2 aromatic rings. The molecule has 3 atom stereocenters. The molecule has 1 aromatic carbocycles. The second kappa shape index (κ2) is 6.44. The Bertz CT molecular complexity index is 766. The van der Waals surface area contributed by atoms with Crippen molar-refractivity contribution in [3.8, 4) is 0 Å². The van der Waals surface area contributed by atoms with Crippen LogP contribution in [0.5, 0.6) is 0 Å². The number of allylic oxidation sites excluding steroid dienone is 2. The lowest BCUT2D eigenvalue weighted by molar-refractivity contribution is 0.0505. The zero-order valence-corrected chi connectivity index (χ0v) is 14.5. The fourth-order valence-electron chi connectivity index (χ4n) is 3.75. The van der Waals surface area contributed by atoms with Crippen molar-refractivity contribution in [3.05, 3.63) is 63.9 Å². The standard InChI is InChI=1S/C20H21NO2S/c1-2-10-23-20(22)13-8-9-17-16(12-13)14-5-3-6-15(14)19(21-17)18-7-4-11-24-18/h3-5,7-9,11-12,14-15,19,21H,2,6,10H2,1H3. The summed E-state index contributed by atoms with van der Waals surface area (Å²) in [5.41, 5.74) is 3.00. The molecule has 3 nitrogen and oxygen atoms in total. The van der Waals surface area contributed by atoms with Crippen molar-refractivity contribution in [1.29, 1.82) is 0 Å². The number of carbonyl (C=O) groups excluding carboxylic acids is 1. The van der Waals surface area contributed by atoms with Crippen LogP contribution in [-0.4, -0.2) is 12.6 Å². The molecule has 0 bridgehead atoms. The molecule has 0 spiro atoms. The van der Waals surface area contributed by atoms with Gasteiger partial charge in [0.15, 0.2) is 0 Å². The summed E-state index contributed by atoms with van der Waals surface area (Å²) in [5.74, 6) is 0.656. The van der Waals surface area contributed by atoms with Crippen molar-refractivity contribution in [1.82, 2.24) is 0 Å². The summed E-state index contributed by atoms with van der Waals surface area (Å²) in [4.78, 5) is 13.6. The molecule has 3 unspecified atom stereocenters. The largest absolute Gasteiger partial charge is 0.462 e. The maximum atomic E-state index is 12.2. The van der Waals surface area contributed by atoms with Gasteiger partial charge in [0, 0.05) is 16.5 Å². The summed E-state index contributed by atoms with van der Waals surface area (Å²) >= 11 is 1.81. The highest BCUT2D eigenvalue weighted by Gasteiger charge is 2.38. The zero-order chi connectivity index (χ0) is 16.5. The predicted molar refractivity (Wildman–Crippen MR) is 97.7 cm³/mol. The van der Waals surface area contributed by atoms with Gasteiger partial charge in [0.05, 0.1) is 18.2 Å². The van der Waals surface area contributed by atoms with Gasteiger partial charge in [-0.2, -0.15) is 0 Å². The van der Waals surface area contributed by atoms with Gasteiger partial charge >= 0.3 is 5.97 Å². The van der Waals surface area contributed by atoms with Crippen molar-refractivity contribution in [2.75, 3.05) is 11.9 Å². The summed E-state index contributed by atoms with van der Waals surface area (Å²) in [6.45, 7) is 2.48. The topological polar surface area (TPSA) is 38.3 Å². The maximum absolute atomic E-state index is 12.2. The Morgan fingerprint density at radius 3 is 3.08 bits per heavy atom. The van der Waals surface area contributed by atoms with Gasteiger partial charge in [-0.25, -0.2) is 4.79 Å². The van der Waals surface area contributed by atoms with Crippen LogP contribution in [0.1, 0.15) is 52.5 Å². The first-order chi connectivity index (χ1) is 11.8. The Balaban J connectivity index is 1.67. The quantitative estimate of drug-likeness (QED) is 0.619. The molecular formula is C20H21NO2S. The van der Waals surface area contributed by atoms with E-state index in [1.807, 2.05) is 25.1 Å². The first kappa shape index (κ1) is 15.5. The number of anilines is 1. The lowest BCUT2D eigenvalue weighted by Gasteiger charge is -2.37. The summed E-state index contributed by atoms with van der Waals surface area (Å²) in [6, 6.07) is 10.6. The Morgan fingerprint density at radius 1 is 1.38 bits per heavy atom. The minimum absolute atomic E-state index is 0.224. The summed E-state index contributed by atoms with van der Waals surface area (Å²) < 4.78 is 5.28. The van der Waals surface area contributed by atoms with E-state index in [0.717, 1.165) is 18.5 Å². The van der Waals surface area contributed by atoms with Gasteiger partial charge in [0.25, 0.3) is 0 Å². The van der Waals surface area contributed by atoms with Gasteiger partial charge in [-0.1, -0.05) is 25.1 Å². The maximum Gasteiger partial charge on any atom is 0.338 e. The van der Waals surface area contributed by atoms with Crippen molar-refractivity contribution in [2.45, 2.75) is 31.7 Å². The zero-order valence-electron chi connectivity index (χ0n) is 13.7. The lowest BCUT2D eigenvalue weighted by Crippen LogP contribution is -2.28. The smallest absolute Gasteiger partial charge is 0.338 e. The number of fused-ring (bicyclic) bond motifs is 3. The molecule has 1 N–H and O–H groups in total. The van der Waals surface area contributed by atoms with Crippen LogP contribution >= 0.6 is 11.3 Å². The number of carbonyl (C=O) groups is 1. The molecule has 24 heavy (non-hydrogen) atoms. The fraction of sp³-hybridized carbons (Fsp3) is 0.350. The molecule has 0 amide bonds. The van der Waals surface area contributed by atoms with Gasteiger partial charge < -0.3 is 10.1 Å². The van der Waals surface area contributed by atoms with E-state index >= 15 is 0 Å². The molecule has 1 aliphatic heterocycles. The van der Waals surface area contributed by atoms with Crippen LogP contribution in [0.2, 0.25) is 0 Å². The Morgan fingerprint density at radius 2 is 2.29 bits per heavy atom. The summed E-state index contributed by atoms with van der Waals surface area (Å²) in [5, 5.41) is 5.83. The van der Waals surface area contributed by atoms with Crippen molar-refractivity contribution < 1.29 is 9.53 Å². The first-order valence-corrected chi connectivity index (χ1v) is 9.43. The monoisotopic (exact) mass is 339 g/mol. The average Bonchev–Trinajstić information content (AvgIpc) is 3.30. The number of rotatable bonds is 4. The number of ether oxygens (including phenoxy) is 1. The van der Waals surface area contributed by atoms with Gasteiger partial charge in [-0.3, -0.25) is 0 Å². The highest BCUT2D eigenvalue weighted by molar-refractivity contribution is 7.10. The highest BCUT2D eigenvalue weighted by atomic mass is 32.1. The highest BCUT2D eigenvalue weighted by Crippen LogP contribution is 2.50. The van der Waals surface area contributed by atoms with Crippen LogP contribution in [0.4, 0.5) is 5.69 Å². The predicted octanol–water partition coefficient (Wildman–Crippen LogP) is 5.14. The van der Waals surface area contributed by atoms with Crippen LogP contribution in [0.15, 0.2) is 47.9 Å². The Hall–Kier alpha value is -2.07. The molecule has 1 aromatic heterocycles. The number of hydrogen-bond acceptors (Lipinski definition) is 4. The van der Waals surface area contributed by atoms with E-state index in [1.165, 1.54) is 10.4 Å². The number of hydrogen-bond donors (Lipinski definition) is 1. The van der Waals surface area contributed by atoms with E-state index in [9.17, 15) is 4.79 Å². The molecule has 124 valence electrons. The Kier molecular flexibility index (Phi) is 4.15. The van der Waals surface area contributed by atoms with E-state index in [4.69, 9.17) is 4.74 Å². The third-order valence-electron chi connectivity index (χ3n) is 4.89. The van der Waals surface area contributed by atoms with E-state index in [-0.39, 0.29) is 5.97 Å². The van der Waals surface area contributed by atoms with Crippen molar-refractivity contribution in [3.63, 3.8) is 0 Å². The van der Waals surface area contributed by atoms with E-state index in [2.05, 4.69) is 35.0 Å². The van der Waals surface area contributed by atoms with Gasteiger partial charge in [-0.15, -0.1) is 11.3 Å². The second-order valence-corrected chi connectivity index (χ2v) is 7.41. The van der Waals surface area contributed by atoms with Crippen LogP contribution in [0, 0.1) is 5.92 Å². The van der Waals surface area contributed by atoms with E-state index in [1.54, 1.807) is 11.3 Å². The molecule has 2 aliphatic rings. The van der Waals surface area contributed by atoms with Crippen LogP contribution in [0.25, 0.3) is 0 Å². The molecule has 0 fully saturated rings. The van der Waals surface area contributed by atoms with Crippen LogP contribution in [-0.2, 0) is 4.74 Å². The second-order valence-electron chi connectivity index (χ2n) is 6.43. The number of nitrogens with one attached hydrogen (secondary N) is 1. The lowest BCUT2D eigenvalue weighted by atomic mass is 9.78. The van der Waals surface area contributed by atoms with Gasteiger partial charge in [-0.05, 0) is 54.0 Å². The number of esters is 1.